The molecule has 1 amide bonds. The molecule has 1 unspecified atom stereocenters. The molecule has 0 spiro atoms. The van der Waals surface area contributed by atoms with E-state index in [9.17, 15) is 4.79 Å². The van der Waals surface area contributed by atoms with Crippen LogP contribution in [0.15, 0.2) is 0 Å². The molecule has 0 aliphatic heterocycles. The summed E-state index contributed by atoms with van der Waals surface area (Å²) >= 11 is 0. The van der Waals surface area contributed by atoms with Gasteiger partial charge in [-0.15, -0.1) is 0 Å². The Kier molecular flexibility index (Phi) is 5.90. The molecule has 0 fully saturated rings. The fourth-order valence-corrected chi connectivity index (χ4v) is 0.853. The summed E-state index contributed by atoms with van der Waals surface area (Å²) in [7, 11) is 1.68. The van der Waals surface area contributed by atoms with Crippen molar-refractivity contribution in [2.75, 3.05) is 26.8 Å². The van der Waals surface area contributed by atoms with Gasteiger partial charge in [-0.2, -0.15) is 5.26 Å². The molecular weight excluding hydrogens is 168 g/mol. The van der Waals surface area contributed by atoms with E-state index in [-0.39, 0.29) is 18.4 Å². The third kappa shape index (κ3) is 5.21. The summed E-state index contributed by atoms with van der Waals surface area (Å²) in [6.45, 7) is 4.72. The van der Waals surface area contributed by atoms with Crippen LogP contribution < -0.4 is 0 Å². The van der Waals surface area contributed by atoms with E-state index in [1.165, 1.54) is 4.90 Å². The number of hydrogen-bond donors (Lipinski definition) is 0. The SMILES string of the molecule is CCOCC(=O)N(C)CC(C)C#N. The van der Waals surface area contributed by atoms with Crippen LogP contribution in [-0.2, 0) is 9.53 Å². The van der Waals surface area contributed by atoms with E-state index in [2.05, 4.69) is 6.07 Å². The van der Waals surface area contributed by atoms with Crippen molar-refractivity contribution in [2.45, 2.75) is 13.8 Å². The number of hydrogen-bond acceptors (Lipinski definition) is 3. The molecule has 4 nitrogen and oxygen atoms in total. The van der Waals surface area contributed by atoms with Crippen molar-refractivity contribution in [1.29, 1.82) is 5.26 Å². The number of likely N-dealkylation sites (N-methyl/N-ethyl adjacent to an activating group) is 1. The van der Waals surface area contributed by atoms with E-state index < -0.39 is 0 Å². The summed E-state index contributed by atoms with van der Waals surface area (Å²) in [5.74, 6) is -0.209. The highest BCUT2D eigenvalue weighted by atomic mass is 16.5. The minimum atomic E-state index is -0.129. The molecule has 4 heteroatoms. The first kappa shape index (κ1) is 11.9. The molecular formula is C9H16N2O2. The summed E-state index contributed by atoms with van der Waals surface area (Å²) in [6, 6.07) is 2.07. The third-order valence-electron chi connectivity index (χ3n) is 1.62. The number of nitrogens with zero attached hydrogens (tertiary/aromatic N) is 2. The topological polar surface area (TPSA) is 53.3 Å². The standard InChI is InChI=1S/C9H16N2O2/c1-4-13-7-9(12)11(3)6-8(2)5-10/h8H,4,6-7H2,1-3H3. The van der Waals surface area contributed by atoms with Crippen molar-refractivity contribution in [2.24, 2.45) is 5.92 Å². The summed E-state index contributed by atoms with van der Waals surface area (Å²) in [6.07, 6.45) is 0. The van der Waals surface area contributed by atoms with Gasteiger partial charge in [-0.05, 0) is 13.8 Å². The maximum Gasteiger partial charge on any atom is 0.248 e. The normalized spacial score (nSPS) is 11.8. The van der Waals surface area contributed by atoms with Crippen molar-refractivity contribution >= 4 is 5.91 Å². The Labute approximate surface area is 79.1 Å². The highest BCUT2D eigenvalue weighted by Crippen LogP contribution is 1.96. The summed E-state index contributed by atoms with van der Waals surface area (Å²) < 4.78 is 4.96. The Morgan fingerprint density at radius 3 is 2.77 bits per heavy atom. The highest BCUT2D eigenvalue weighted by Gasteiger charge is 2.11. The Morgan fingerprint density at radius 1 is 1.69 bits per heavy atom. The highest BCUT2D eigenvalue weighted by molar-refractivity contribution is 5.77. The van der Waals surface area contributed by atoms with Crippen LogP contribution >= 0.6 is 0 Å². The van der Waals surface area contributed by atoms with Crippen LogP contribution in [0.1, 0.15) is 13.8 Å². The third-order valence-corrected chi connectivity index (χ3v) is 1.62. The van der Waals surface area contributed by atoms with Crippen LogP contribution in [0.4, 0.5) is 0 Å². The second kappa shape index (κ2) is 6.44. The first-order chi connectivity index (χ1) is 6.11. The number of amides is 1. The van der Waals surface area contributed by atoms with Gasteiger partial charge >= 0.3 is 0 Å². The molecule has 0 N–H and O–H groups in total. The van der Waals surface area contributed by atoms with Gasteiger partial charge in [-0.25, -0.2) is 0 Å². The van der Waals surface area contributed by atoms with Crippen LogP contribution in [0.5, 0.6) is 0 Å². The van der Waals surface area contributed by atoms with Crippen LogP contribution in [0, 0.1) is 17.2 Å². The molecule has 0 aliphatic rings. The van der Waals surface area contributed by atoms with Gasteiger partial charge in [0.25, 0.3) is 0 Å². The predicted molar refractivity (Wildman–Crippen MR) is 48.9 cm³/mol. The molecule has 0 aliphatic carbocycles. The molecule has 1 atom stereocenters. The average molecular weight is 184 g/mol. The Morgan fingerprint density at radius 2 is 2.31 bits per heavy atom. The monoisotopic (exact) mass is 184 g/mol. The molecule has 0 aromatic carbocycles. The molecule has 74 valence electrons. The van der Waals surface area contributed by atoms with Gasteiger partial charge in [0, 0.05) is 20.2 Å². The van der Waals surface area contributed by atoms with E-state index >= 15 is 0 Å². The van der Waals surface area contributed by atoms with Gasteiger partial charge in [0.2, 0.25) is 5.91 Å². The van der Waals surface area contributed by atoms with Crippen molar-refractivity contribution in [3.63, 3.8) is 0 Å². The summed E-state index contributed by atoms with van der Waals surface area (Å²) in [5.41, 5.74) is 0. The molecule has 0 rings (SSSR count). The van der Waals surface area contributed by atoms with Crippen molar-refractivity contribution in [3.05, 3.63) is 0 Å². The predicted octanol–water partition coefficient (Wildman–Crippen LogP) is 0.641. The lowest BCUT2D eigenvalue weighted by Crippen LogP contribution is -2.33. The second-order valence-electron chi connectivity index (χ2n) is 2.94. The van der Waals surface area contributed by atoms with Crippen molar-refractivity contribution in [3.8, 4) is 6.07 Å². The van der Waals surface area contributed by atoms with Crippen LogP contribution in [0.3, 0.4) is 0 Å². The van der Waals surface area contributed by atoms with Crippen molar-refractivity contribution < 1.29 is 9.53 Å². The Balaban J connectivity index is 3.77. The van der Waals surface area contributed by atoms with Gasteiger partial charge in [-0.3, -0.25) is 4.79 Å². The molecule has 0 aromatic rings. The zero-order valence-corrected chi connectivity index (χ0v) is 8.41. The number of ether oxygens (including phenoxy) is 1. The van der Waals surface area contributed by atoms with Gasteiger partial charge in [0.05, 0.1) is 12.0 Å². The lowest BCUT2D eigenvalue weighted by Gasteiger charge is -2.17. The van der Waals surface area contributed by atoms with E-state index in [0.717, 1.165) is 0 Å². The quantitative estimate of drug-likeness (QED) is 0.630. The molecule has 13 heavy (non-hydrogen) atoms. The fraction of sp³-hybridized carbons (Fsp3) is 0.778. The average Bonchev–Trinajstić information content (AvgIpc) is 2.13. The van der Waals surface area contributed by atoms with Crippen LogP contribution in [0.2, 0.25) is 0 Å². The maximum absolute atomic E-state index is 11.2. The number of nitriles is 1. The number of carbonyl (C=O) groups is 1. The maximum atomic E-state index is 11.2. The van der Waals surface area contributed by atoms with Gasteiger partial charge < -0.3 is 9.64 Å². The van der Waals surface area contributed by atoms with Crippen LogP contribution in [-0.4, -0.2) is 37.6 Å². The molecule has 0 radical (unpaired) electrons. The van der Waals surface area contributed by atoms with E-state index in [4.69, 9.17) is 10.00 Å². The molecule has 0 bridgehead atoms. The van der Waals surface area contributed by atoms with Crippen LogP contribution in [0.25, 0.3) is 0 Å². The lowest BCUT2D eigenvalue weighted by molar-refractivity contribution is -0.134. The zero-order valence-electron chi connectivity index (χ0n) is 8.41. The zero-order chi connectivity index (χ0) is 10.3. The molecule has 0 aromatic heterocycles. The minimum Gasteiger partial charge on any atom is -0.372 e. The summed E-state index contributed by atoms with van der Waals surface area (Å²) in [5, 5.41) is 8.52. The van der Waals surface area contributed by atoms with E-state index in [0.29, 0.717) is 13.2 Å². The van der Waals surface area contributed by atoms with Gasteiger partial charge in [0.15, 0.2) is 0 Å². The molecule has 0 saturated heterocycles. The largest absolute Gasteiger partial charge is 0.372 e. The Bertz CT molecular complexity index is 198. The minimum absolute atomic E-state index is 0.0797. The van der Waals surface area contributed by atoms with Crippen molar-refractivity contribution in [1.82, 2.24) is 4.90 Å². The van der Waals surface area contributed by atoms with Gasteiger partial charge in [0.1, 0.15) is 6.61 Å². The molecule has 0 saturated carbocycles. The first-order valence-electron chi connectivity index (χ1n) is 4.33. The fourth-order valence-electron chi connectivity index (χ4n) is 0.853. The summed E-state index contributed by atoms with van der Waals surface area (Å²) in [4.78, 5) is 12.8. The Hall–Kier alpha value is -1.08. The number of rotatable bonds is 5. The van der Waals surface area contributed by atoms with Gasteiger partial charge in [-0.1, -0.05) is 0 Å². The second-order valence-corrected chi connectivity index (χ2v) is 2.94. The number of carbonyl (C=O) groups excluding carboxylic acids is 1. The lowest BCUT2D eigenvalue weighted by atomic mass is 10.2. The smallest absolute Gasteiger partial charge is 0.248 e. The molecule has 0 heterocycles. The van der Waals surface area contributed by atoms with E-state index in [1.54, 1.807) is 14.0 Å². The van der Waals surface area contributed by atoms with E-state index in [1.807, 2.05) is 6.92 Å². The first-order valence-corrected chi connectivity index (χ1v) is 4.33.